The summed E-state index contributed by atoms with van der Waals surface area (Å²) in [6, 6.07) is 0. The van der Waals surface area contributed by atoms with Crippen molar-refractivity contribution in [2.75, 3.05) is 32.8 Å². The molecule has 2 heterocycles. The van der Waals surface area contributed by atoms with E-state index in [9.17, 15) is 4.79 Å². The van der Waals surface area contributed by atoms with Gasteiger partial charge >= 0.3 is 0 Å². The number of ether oxygens (including phenoxy) is 1. The van der Waals surface area contributed by atoms with Gasteiger partial charge in [-0.2, -0.15) is 0 Å². The van der Waals surface area contributed by atoms with Crippen LogP contribution in [0.5, 0.6) is 0 Å². The normalized spacial score (nSPS) is 31.6. The average molecular weight is 269 g/mol. The molecule has 110 valence electrons. The highest BCUT2D eigenvalue weighted by Gasteiger charge is 2.28. The van der Waals surface area contributed by atoms with Crippen molar-refractivity contribution in [3.05, 3.63) is 0 Å². The maximum atomic E-state index is 12.1. The second-order valence-corrected chi connectivity index (χ2v) is 6.50. The highest BCUT2D eigenvalue weighted by molar-refractivity contribution is 5.78. The van der Waals surface area contributed by atoms with E-state index in [1.807, 2.05) is 0 Å². The molecule has 0 unspecified atom stereocenters. The summed E-state index contributed by atoms with van der Waals surface area (Å²) in [5.41, 5.74) is 0. The molecular weight excluding hydrogens is 240 g/mol. The van der Waals surface area contributed by atoms with Crippen LogP contribution >= 0.6 is 0 Å². The largest absolute Gasteiger partial charge is 0.376 e. The highest BCUT2D eigenvalue weighted by Crippen LogP contribution is 2.13. The summed E-state index contributed by atoms with van der Waals surface area (Å²) in [4.78, 5) is 13.8. The van der Waals surface area contributed by atoms with E-state index in [1.54, 1.807) is 4.90 Å². The van der Waals surface area contributed by atoms with Crippen molar-refractivity contribution in [1.29, 1.82) is 0 Å². The van der Waals surface area contributed by atoms with Crippen LogP contribution in [0.1, 0.15) is 39.5 Å². The first-order chi connectivity index (χ1) is 9.15. The fourth-order valence-corrected chi connectivity index (χ4v) is 3.23. The molecule has 2 N–H and O–H groups in total. The van der Waals surface area contributed by atoms with Crippen LogP contribution in [-0.2, 0) is 9.53 Å². The quantitative estimate of drug-likeness (QED) is 0.750. The van der Waals surface area contributed by atoms with Gasteiger partial charge in [0.05, 0.1) is 25.7 Å². The molecule has 0 aromatic carbocycles. The molecule has 0 aliphatic carbocycles. The van der Waals surface area contributed by atoms with Crippen molar-refractivity contribution in [3.8, 4) is 0 Å². The standard InChI is InChI=1S/C15H28N2O2/c1-12(2)11-17-7-5-13(6-8-17)15(18)16-10-14-4-3-9-19-14/h12-14H,3-11H2,1-2H3,(H,16,18)/p+1/t14-/m0/s1. The van der Waals surface area contributed by atoms with Gasteiger partial charge in [-0.3, -0.25) is 4.79 Å². The van der Waals surface area contributed by atoms with Crippen LogP contribution in [-0.4, -0.2) is 44.8 Å². The average Bonchev–Trinajstić information content (AvgIpc) is 2.89. The SMILES string of the molecule is CC(C)C[NH+]1CCC(C(=O)NC[C@@H]2CCCO2)CC1. The molecule has 0 bridgehead atoms. The minimum absolute atomic E-state index is 0.234. The molecule has 2 aliphatic heterocycles. The van der Waals surface area contributed by atoms with Gasteiger partial charge in [0.25, 0.3) is 0 Å². The van der Waals surface area contributed by atoms with E-state index in [-0.39, 0.29) is 17.9 Å². The summed E-state index contributed by atoms with van der Waals surface area (Å²) in [5, 5.41) is 3.08. The predicted molar refractivity (Wildman–Crippen MR) is 75.1 cm³/mol. The predicted octanol–water partition coefficient (Wildman–Crippen LogP) is 0.233. The number of rotatable bonds is 5. The van der Waals surface area contributed by atoms with Crippen LogP contribution in [0.15, 0.2) is 0 Å². The third-order valence-electron chi connectivity index (χ3n) is 4.29. The highest BCUT2D eigenvalue weighted by atomic mass is 16.5. The molecule has 4 heteroatoms. The van der Waals surface area contributed by atoms with E-state index in [0.717, 1.165) is 51.3 Å². The van der Waals surface area contributed by atoms with Gasteiger partial charge in [0.15, 0.2) is 0 Å². The summed E-state index contributed by atoms with van der Waals surface area (Å²) in [6.45, 7) is 9.65. The molecule has 4 nitrogen and oxygen atoms in total. The van der Waals surface area contributed by atoms with Crippen LogP contribution < -0.4 is 10.2 Å². The van der Waals surface area contributed by atoms with Gasteiger partial charge in [-0.1, -0.05) is 13.8 Å². The fraction of sp³-hybridized carbons (Fsp3) is 0.933. The van der Waals surface area contributed by atoms with Crippen LogP contribution in [0.25, 0.3) is 0 Å². The molecule has 0 saturated carbocycles. The number of carbonyl (C=O) groups excluding carboxylic acids is 1. The second kappa shape index (κ2) is 7.25. The van der Waals surface area contributed by atoms with Gasteiger partial charge in [0.1, 0.15) is 0 Å². The Hall–Kier alpha value is -0.610. The molecule has 2 saturated heterocycles. The number of likely N-dealkylation sites (tertiary alicyclic amines) is 1. The maximum Gasteiger partial charge on any atom is 0.223 e. The second-order valence-electron chi connectivity index (χ2n) is 6.50. The third kappa shape index (κ3) is 4.77. The summed E-state index contributed by atoms with van der Waals surface area (Å²) in [5.74, 6) is 1.23. The number of nitrogens with one attached hydrogen (secondary N) is 2. The van der Waals surface area contributed by atoms with Crippen LogP contribution in [0.3, 0.4) is 0 Å². The zero-order valence-electron chi connectivity index (χ0n) is 12.4. The van der Waals surface area contributed by atoms with Gasteiger partial charge in [0, 0.05) is 37.8 Å². The Morgan fingerprint density at radius 2 is 2.05 bits per heavy atom. The van der Waals surface area contributed by atoms with E-state index in [2.05, 4.69) is 19.2 Å². The molecule has 19 heavy (non-hydrogen) atoms. The number of quaternary nitrogens is 1. The zero-order chi connectivity index (χ0) is 13.7. The Kier molecular flexibility index (Phi) is 5.64. The van der Waals surface area contributed by atoms with Crippen molar-refractivity contribution >= 4 is 5.91 Å². The van der Waals surface area contributed by atoms with Crippen molar-refractivity contribution < 1.29 is 14.4 Å². The van der Waals surface area contributed by atoms with Crippen molar-refractivity contribution in [2.45, 2.75) is 45.6 Å². The Balaban J connectivity index is 1.64. The minimum Gasteiger partial charge on any atom is -0.376 e. The van der Waals surface area contributed by atoms with Crippen LogP contribution in [0.4, 0.5) is 0 Å². The van der Waals surface area contributed by atoms with Gasteiger partial charge in [0.2, 0.25) is 5.91 Å². The molecule has 2 rings (SSSR count). The number of carbonyl (C=O) groups is 1. The van der Waals surface area contributed by atoms with Crippen molar-refractivity contribution in [2.24, 2.45) is 11.8 Å². The Labute approximate surface area is 116 Å². The van der Waals surface area contributed by atoms with E-state index in [0.29, 0.717) is 6.54 Å². The first kappa shape index (κ1) is 14.8. The molecular formula is C15H29N2O2+. The number of piperidine rings is 1. The van der Waals surface area contributed by atoms with Crippen molar-refractivity contribution in [3.63, 3.8) is 0 Å². The monoisotopic (exact) mass is 269 g/mol. The van der Waals surface area contributed by atoms with Crippen LogP contribution in [0, 0.1) is 11.8 Å². The summed E-state index contributed by atoms with van der Waals surface area (Å²) in [7, 11) is 0. The molecule has 1 atom stereocenters. The molecule has 0 aromatic rings. The zero-order valence-corrected chi connectivity index (χ0v) is 12.4. The topological polar surface area (TPSA) is 42.8 Å². The van der Waals surface area contributed by atoms with E-state index >= 15 is 0 Å². The van der Waals surface area contributed by atoms with E-state index < -0.39 is 0 Å². The lowest BCUT2D eigenvalue weighted by Crippen LogP contribution is -3.13. The summed E-state index contributed by atoms with van der Waals surface area (Å²) in [6.07, 6.45) is 4.57. The fourth-order valence-electron chi connectivity index (χ4n) is 3.23. The summed E-state index contributed by atoms with van der Waals surface area (Å²) >= 11 is 0. The Morgan fingerprint density at radius 3 is 2.63 bits per heavy atom. The first-order valence-electron chi connectivity index (χ1n) is 7.88. The lowest BCUT2D eigenvalue weighted by molar-refractivity contribution is -0.908. The van der Waals surface area contributed by atoms with Gasteiger partial charge in [-0.15, -0.1) is 0 Å². The number of hydrogen-bond acceptors (Lipinski definition) is 2. The molecule has 0 radical (unpaired) electrons. The van der Waals surface area contributed by atoms with Gasteiger partial charge in [-0.25, -0.2) is 0 Å². The van der Waals surface area contributed by atoms with E-state index in [1.165, 1.54) is 6.54 Å². The summed E-state index contributed by atoms with van der Waals surface area (Å²) < 4.78 is 5.53. The minimum atomic E-state index is 0.234. The number of amides is 1. The smallest absolute Gasteiger partial charge is 0.223 e. The van der Waals surface area contributed by atoms with E-state index in [4.69, 9.17) is 4.74 Å². The molecule has 0 spiro atoms. The molecule has 1 amide bonds. The van der Waals surface area contributed by atoms with Gasteiger partial charge < -0.3 is 15.0 Å². The molecule has 0 aromatic heterocycles. The van der Waals surface area contributed by atoms with Crippen molar-refractivity contribution in [1.82, 2.24) is 5.32 Å². The van der Waals surface area contributed by atoms with Gasteiger partial charge in [-0.05, 0) is 12.8 Å². The van der Waals surface area contributed by atoms with Crippen LogP contribution in [0.2, 0.25) is 0 Å². The lowest BCUT2D eigenvalue weighted by Gasteiger charge is -2.29. The first-order valence-corrected chi connectivity index (χ1v) is 7.88. The number of hydrogen-bond donors (Lipinski definition) is 2. The maximum absolute atomic E-state index is 12.1. The Morgan fingerprint density at radius 1 is 1.32 bits per heavy atom. The molecule has 2 fully saturated rings. The lowest BCUT2D eigenvalue weighted by atomic mass is 9.95. The Bertz CT molecular complexity index is 280. The third-order valence-corrected chi connectivity index (χ3v) is 4.29. The molecule has 2 aliphatic rings.